The normalized spacial score (nSPS) is 25.8. The fourth-order valence-electron chi connectivity index (χ4n) is 0.863. The van der Waals surface area contributed by atoms with Crippen molar-refractivity contribution >= 4 is 11.9 Å². The van der Waals surface area contributed by atoms with Gasteiger partial charge in [-0.2, -0.15) is 0 Å². The van der Waals surface area contributed by atoms with Gasteiger partial charge in [-0.3, -0.25) is 9.59 Å². The molecule has 0 spiro atoms. The zero-order valence-corrected chi connectivity index (χ0v) is 6.38. The first-order valence-electron chi connectivity index (χ1n) is 3.29. The minimum absolute atomic E-state index is 0.168. The molecular weight excluding hydrogens is 146 g/mol. The predicted molar refractivity (Wildman–Crippen MR) is 37.5 cm³/mol. The van der Waals surface area contributed by atoms with Gasteiger partial charge in [0.15, 0.2) is 0 Å². The maximum atomic E-state index is 10.7. The number of hydrogen-bond acceptors (Lipinski definition) is 3. The maximum absolute atomic E-state index is 10.7. The van der Waals surface area contributed by atoms with E-state index < -0.39 is 12.2 Å². The van der Waals surface area contributed by atoms with Gasteiger partial charge < -0.3 is 10.1 Å². The summed E-state index contributed by atoms with van der Waals surface area (Å²) in [6.07, 6.45) is 1.11. The van der Waals surface area contributed by atoms with Crippen LogP contribution in [0.2, 0.25) is 0 Å². The number of allylic oxidation sites excluding steroid dienone is 1. The molecule has 1 rings (SSSR count). The van der Waals surface area contributed by atoms with Crippen LogP contribution in [0, 0.1) is 0 Å². The van der Waals surface area contributed by atoms with Crippen molar-refractivity contribution in [2.24, 2.45) is 0 Å². The molecule has 0 saturated carbocycles. The molecule has 1 unspecified atom stereocenters. The first kappa shape index (κ1) is 7.78. The van der Waals surface area contributed by atoms with Crippen LogP contribution in [0.15, 0.2) is 11.6 Å². The summed E-state index contributed by atoms with van der Waals surface area (Å²) in [7, 11) is 0. The largest absolute Gasteiger partial charge is 0.437 e. The summed E-state index contributed by atoms with van der Waals surface area (Å²) in [6, 6.07) is 0. The van der Waals surface area contributed by atoms with Gasteiger partial charge in [0.2, 0.25) is 6.23 Å². The summed E-state index contributed by atoms with van der Waals surface area (Å²) in [5.74, 6) is -0.562. The van der Waals surface area contributed by atoms with Crippen molar-refractivity contribution in [1.82, 2.24) is 5.32 Å². The highest BCUT2D eigenvalue weighted by Gasteiger charge is 2.34. The number of esters is 1. The average molecular weight is 155 g/mol. The highest BCUT2D eigenvalue weighted by Crippen LogP contribution is 2.14. The Balaban J connectivity index is 2.53. The van der Waals surface area contributed by atoms with Gasteiger partial charge in [-0.1, -0.05) is 6.08 Å². The van der Waals surface area contributed by atoms with E-state index in [0.717, 1.165) is 0 Å². The lowest BCUT2D eigenvalue weighted by molar-refractivity contribution is -0.151. The average Bonchev–Trinajstić information content (AvgIpc) is 1.86. The van der Waals surface area contributed by atoms with Crippen LogP contribution in [-0.4, -0.2) is 18.1 Å². The molecule has 0 radical (unpaired) electrons. The van der Waals surface area contributed by atoms with Gasteiger partial charge in [0.25, 0.3) is 5.91 Å². The quantitative estimate of drug-likeness (QED) is 0.328. The van der Waals surface area contributed by atoms with Gasteiger partial charge >= 0.3 is 5.97 Å². The van der Waals surface area contributed by atoms with E-state index in [0.29, 0.717) is 5.57 Å². The maximum Gasteiger partial charge on any atom is 0.304 e. The lowest BCUT2D eigenvalue weighted by Gasteiger charge is -2.28. The number of rotatable bonds is 1. The number of carbonyl (C=O) groups is 2. The Morgan fingerprint density at radius 1 is 1.73 bits per heavy atom. The summed E-state index contributed by atoms with van der Waals surface area (Å²) in [6.45, 7) is 3.03. The molecule has 1 atom stereocenters. The summed E-state index contributed by atoms with van der Waals surface area (Å²) in [5, 5.41) is 2.42. The van der Waals surface area contributed by atoms with E-state index >= 15 is 0 Å². The van der Waals surface area contributed by atoms with Gasteiger partial charge in [0.1, 0.15) is 0 Å². The van der Waals surface area contributed by atoms with Gasteiger partial charge in [0, 0.05) is 6.92 Å². The first-order chi connectivity index (χ1) is 5.15. The molecule has 0 aromatic rings. The van der Waals surface area contributed by atoms with Crippen molar-refractivity contribution in [1.29, 1.82) is 0 Å². The van der Waals surface area contributed by atoms with Crippen molar-refractivity contribution in [3.05, 3.63) is 11.6 Å². The van der Waals surface area contributed by atoms with Crippen molar-refractivity contribution < 1.29 is 14.3 Å². The Kier molecular flexibility index (Phi) is 1.94. The predicted octanol–water partition coefficient (Wildman–Crippen LogP) is -0.0483. The second kappa shape index (κ2) is 2.74. The van der Waals surface area contributed by atoms with Crippen molar-refractivity contribution in [2.45, 2.75) is 20.1 Å². The highest BCUT2D eigenvalue weighted by molar-refractivity contribution is 6.01. The molecule has 1 aliphatic heterocycles. The van der Waals surface area contributed by atoms with Crippen LogP contribution >= 0.6 is 0 Å². The molecule has 11 heavy (non-hydrogen) atoms. The fourth-order valence-corrected chi connectivity index (χ4v) is 0.863. The van der Waals surface area contributed by atoms with E-state index in [-0.39, 0.29) is 5.91 Å². The molecule has 0 aromatic heterocycles. The molecule has 1 fully saturated rings. The van der Waals surface area contributed by atoms with E-state index in [1.54, 1.807) is 13.0 Å². The summed E-state index contributed by atoms with van der Waals surface area (Å²) < 4.78 is 4.72. The Labute approximate surface area is 64.2 Å². The van der Waals surface area contributed by atoms with Crippen molar-refractivity contribution in [3.63, 3.8) is 0 Å². The molecule has 0 aliphatic carbocycles. The topological polar surface area (TPSA) is 55.4 Å². The lowest BCUT2D eigenvalue weighted by atomic mass is 10.1. The third-order valence-corrected chi connectivity index (χ3v) is 1.40. The Morgan fingerprint density at radius 3 is 2.73 bits per heavy atom. The van der Waals surface area contributed by atoms with Crippen LogP contribution in [-0.2, 0) is 14.3 Å². The van der Waals surface area contributed by atoms with E-state index in [2.05, 4.69) is 5.32 Å². The van der Waals surface area contributed by atoms with E-state index in [1.165, 1.54) is 6.92 Å². The minimum Gasteiger partial charge on any atom is -0.437 e. The number of nitrogens with one attached hydrogen (secondary N) is 1. The number of hydrogen-bond donors (Lipinski definition) is 1. The van der Waals surface area contributed by atoms with Gasteiger partial charge in [-0.15, -0.1) is 0 Å². The Morgan fingerprint density at radius 2 is 2.36 bits per heavy atom. The third kappa shape index (κ3) is 1.39. The van der Waals surface area contributed by atoms with Crippen molar-refractivity contribution in [2.75, 3.05) is 0 Å². The fraction of sp³-hybridized carbons (Fsp3) is 0.429. The Hall–Kier alpha value is -1.32. The molecule has 1 N–H and O–H groups in total. The number of amides is 1. The third-order valence-electron chi connectivity index (χ3n) is 1.40. The number of ether oxygens (including phenoxy) is 1. The van der Waals surface area contributed by atoms with Crippen LogP contribution in [0.5, 0.6) is 0 Å². The van der Waals surface area contributed by atoms with Crippen LogP contribution in [0.1, 0.15) is 13.8 Å². The van der Waals surface area contributed by atoms with E-state index in [4.69, 9.17) is 4.74 Å². The van der Waals surface area contributed by atoms with Gasteiger partial charge in [0.05, 0.1) is 5.57 Å². The number of carbonyl (C=O) groups excluding carboxylic acids is 2. The molecular formula is C7H9NO3. The molecule has 1 aliphatic rings. The summed E-state index contributed by atoms with van der Waals surface area (Å²) in [5.41, 5.74) is 0.514. The van der Waals surface area contributed by atoms with Gasteiger partial charge in [-0.05, 0) is 6.92 Å². The zero-order valence-electron chi connectivity index (χ0n) is 6.38. The molecule has 4 nitrogen and oxygen atoms in total. The molecule has 60 valence electrons. The van der Waals surface area contributed by atoms with E-state index in [9.17, 15) is 9.59 Å². The molecule has 1 saturated heterocycles. The SMILES string of the molecule is C/C=C1\C(=O)NC1OC(C)=O. The molecule has 4 heteroatoms. The highest BCUT2D eigenvalue weighted by atomic mass is 16.6. The van der Waals surface area contributed by atoms with Gasteiger partial charge in [-0.25, -0.2) is 0 Å². The van der Waals surface area contributed by atoms with E-state index in [1.807, 2.05) is 0 Å². The lowest BCUT2D eigenvalue weighted by Crippen LogP contribution is -2.53. The molecule has 0 bridgehead atoms. The number of β-lactam (4-membered cyclic amide) rings is 1. The molecule has 1 heterocycles. The minimum atomic E-state index is -0.523. The van der Waals surface area contributed by atoms with Crippen molar-refractivity contribution in [3.8, 4) is 0 Å². The Bertz CT molecular complexity index is 232. The van der Waals surface area contributed by atoms with Crippen LogP contribution < -0.4 is 5.32 Å². The summed E-state index contributed by atoms with van der Waals surface area (Å²) >= 11 is 0. The van der Waals surface area contributed by atoms with Crippen LogP contribution in [0.4, 0.5) is 0 Å². The zero-order chi connectivity index (χ0) is 8.43. The smallest absolute Gasteiger partial charge is 0.304 e. The second-order valence-corrected chi connectivity index (χ2v) is 2.21. The monoisotopic (exact) mass is 155 g/mol. The standard InChI is InChI=1S/C7H9NO3/c1-3-5-6(10)8-7(5)11-4(2)9/h3,7H,1-2H3,(H,8,10)/b5-3+. The second-order valence-electron chi connectivity index (χ2n) is 2.21. The van der Waals surface area contributed by atoms with Crippen LogP contribution in [0.3, 0.4) is 0 Å². The molecule has 1 amide bonds. The first-order valence-corrected chi connectivity index (χ1v) is 3.29. The van der Waals surface area contributed by atoms with Crippen LogP contribution in [0.25, 0.3) is 0 Å². The molecule has 0 aromatic carbocycles. The summed E-state index contributed by atoms with van der Waals surface area (Å²) in [4.78, 5) is 21.1.